The van der Waals surface area contributed by atoms with Crippen LogP contribution in [0.3, 0.4) is 0 Å². The third kappa shape index (κ3) is 4.68. The first-order valence-corrected chi connectivity index (χ1v) is 8.41. The van der Waals surface area contributed by atoms with E-state index in [1.807, 2.05) is 0 Å². The fraction of sp³-hybridized carbons (Fsp3) is 0.294. The number of amides is 1. The van der Waals surface area contributed by atoms with Gasteiger partial charge in [-0.15, -0.1) is 0 Å². The molecule has 0 aliphatic heterocycles. The second kappa shape index (κ2) is 8.26. The van der Waals surface area contributed by atoms with Gasteiger partial charge in [0.25, 0.3) is 6.43 Å². The van der Waals surface area contributed by atoms with Gasteiger partial charge in [-0.3, -0.25) is 14.5 Å². The molecule has 10 heteroatoms. The summed E-state index contributed by atoms with van der Waals surface area (Å²) in [5.74, 6) is -0.179. The normalized spacial score (nSPS) is 11.1. The molecule has 142 valence electrons. The Morgan fingerprint density at radius 3 is 2.93 bits per heavy atom. The Morgan fingerprint density at radius 1 is 1.41 bits per heavy atom. The number of carbonyl (C=O) groups excluding carboxylic acids is 1. The highest BCUT2D eigenvalue weighted by atomic mass is 35.5. The van der Waals surface area contributed by atoms with Crippen LogP contribution in [0.15, 0.2) is 30.7 Å². The van der Waals surface area contributed by atoms with Crippen LogP contribution in [0.1, 0.15) is 11.3 Å². The highest BCUT2D eigenvalue weighted by Gasteiger charge is 2.12. The molecule has 0 saturated carbocycles. The summed E-state index contributed by atoms with van der Waals surface area (Å²) in [6.45, 7) is -0.409. The summed E-state index contributed by atoms with van der Waals surface area (Å²) in [5.41, 5.74) is 2.06. The number of pyridine rings is 2. The van der Waals surface area contributed by atoms with Gasteiger partial charge in [-0.05, 0) is 17.7 Å². The summed E-state index contributed by atoms with van der Waals surface area (Å²) < 4.78 is 31.0. The molecule has 27 heavy (non-hydrogen) atoms. The molecule has 3 aromatic heterocycles. The lowest BCUT2D eigenvalue weighted by Gasteiger charge is -2.08. The number of hydrogen-bond donors (Lipinski definition) is 1. The van der Waals surface area contributed by atoms with E-state index in [2.05, 4.69) is 20.4 Å². The monoisotopic (exact) mass is 395 g/mol. The van der Waals surface area contributed by atoms with E-state index in [1.54, 1.807) is 36.3 Å². The van der Waals surface area contributed by atoms with E-state index in [-0.39, 0.29) is 23.2 Å². The zero-order valence-corrected chi connectivity index (χ0v) is 15.1. The van der Waals surface area contributed by atoms with Gasteiger partial charge in [-0.2, -0.15) is 5.10 Å². The van der Waals surface area contributed by atoms with Crippen molar-refractivity contribution in [3.05, 3.63) is 47.0 Å². The minimum Gasteiger partial charge on any atom is -0.471 e. The Balaban J connectivity index is 1.79. The highest BCUT2D eigenvalue weighted by molar-refractivity contribution is 6.31. The Bertz CT molecular complexity index is 964. The van der Waals surface area contributed by atoms with Gasteiger partial charge in [0.05, 0.1) is 24.2 Å². The zero-order valence-electron chi connectivity index (χ0n) is 14.3. The highest BCUT2D eigenvalue weighted by Crippen LogP contribution is 2.24. The van der Waals surface area contributed by atoms with Crippen LogP contribution in [0.2, 0.25) is 5.02 Å². The second-order valence-electron chi connectivity index (χ2n) is 5.70. The molecular weight excluding hydrogens is 380 g/mol. The van der Waals surface area contributed by atoms with Crippen LogP contribution in [0.5, 0.6) is 5.88 Å². The van der Waals surface area contributed by atoms with E-state index in [9.17, 15) is 13.6 Å². The maximum atomic E-state index is 12.2. The molecule has 3 rings (SSSR count). The summed E-state index contributed by atoms with van der Waals surface area (Å²) in [6.07, 6.45) is 2.43. The van der Waals surface area contributed by atoms with Crippen LogP contribution in [0.4, 0.5) is 8.78 Å². The summed E-state index contributed by atoms with van der Waals surface area (Å²) in [5, 5.41) is 7.94. The van der Waals surface area contributed by atoms with Gasteiger partial charge < -0.3 is 10.1 Å². The number of carbonyl (C=O) groups is 1. The molecule has 0 aromatic carbocycles. The van der Waals surface area contributed by atoms with Gasteiger partial charge in [0.15, 0.2) is 6.61 Å². The minimum atomic E-state index is -2.60. The van der Waals surface area contributed by atoms with Gasteiger partial charge >= 0.3 is 0 Å². The maximum Gasteiger partial charge on any atom is 0.272 e. The van der Waals surface area contributed by atoms with Crippen LogP contribution in [-0.2, 0) is 17.8 Å². The molecule has 3 aromatic rings. The minimum absolute atomic E-state index is 0.0385. The van der Waals surface area contributed by atoms with Crippen LogP contribution >= 0.6 is 11.6 Å². The Morgan fingerprint density at radius 2 is 2.22 bits per heavy atom. The number of nitrogens with zero attached hydrogens (tertiary/aromatic N) is 4. The average Bonchev–Trinajstić information content (AvgIpc) is 3.04. The molecule has 0 spiro atoms. The number of likely N-dealkylation sites (N-methyl/N-ethyl adjacent to an activating group) is 1. The molecule has 0 atom stereocenters. The van der Waals surface area contributed by atoms with Crippen molar-refractivity contribution in [2.24, 2.45) is 0 Å². The van der Waals surface area contributed by atoms with Gasteiger partial charge in [-0.25, -0.2) is 13.8 Å². The number of hydrogen-bond acceptors (Lipinski definition) is 5. The summed E-state index contributed by atoms with van der Waals surface area (Å²) in [6, 6.07) is 3.34. The predicted octanol–water partition coefficient (Wildman–Crippen LogP) is 2.46. The quantitative estimate of drug-likeness (QED) is 0.664. The van der Waals surface area contributed by atoms with Crippen molar-refractivity contribution in [1.29, 1.82) is 0 Å². The van der Waals surface area contributed by atoms with E-state index >= 15 is 0 Å². The number of nitrogens with one attached hydrogen (secondary N) is 1. The number of ether oxygens (including phenoxy) is 1. The summed E-state index contributed by atoms with van der Waals surface area (Å²) >= 11 is 6.04. The first-order chi connectivity index (χ1) is 13.0. The molecule has 3 heterocycles. The number of aromatic nitrogens is 4. The summed E-state index contributed by atoms with van der Waals surface area (Å²) in [4.78, 5) is 19.9. The van der Waals surface area contributed by atoms with Crippen molar-refractivity contribution in [3.8, 4) is 5.88 Å². The van der Waals surface area contributed by atoms with Crippen molar-refractivity contribution in [2.45, 2.75) is 19.4 Å². The molecule has 0 saturated heterocycles. The number of halogens is 3. The van der Waals surface area contributed by atoms with Crippen molar-refractivity contribution in [2.75, 3.05) is 13.7 Å². The molecule has 1 amide bonds. The predicted molar refractivity (Wildman–Crippen MR) is 95.1 cm³/mol. The van der Waals surface area contributed by atoms with Crippen LogP contribution < -0.4 is 10.1 Å². The molecule has 7 nitrogen and oxygen atoms in total. The van der Waals surface area contributed by atoms with E-state index < -0.39 is 13.0 Å². The van der Waals surface area contributed by atoms with Crippen LogP contribution in [0.25, 0.3) is 10.9 Å². The molecule has 1 N–H and O–H groups in total. The molecule has 0 unspecified atom stereocenters. The molecule has 0 fully saturated rings. The SMILES string of the molecule is CNC(=O)Cc1nccc2nn(Cc3cnc(OCC(F)F)c(Cl)c3)cc12. The first kappa shape index (κ1) is 19.0. The Kier molecular flexibility index (Phi) is 5.80. The zero-order chi connectivity index (χ0) is 19.4. The van der Waals surface area contributed by atoms with Gasteiger partial charge in [0.2, 0.25) is 11.8 Å². The van der Waals surface area contributed by atoms with E-state index in [1.165, 1.54) is 6.20 Å². The van der Waals surface area contributed by atoms with Crippen molar-refractivity contribution >= 4 is 28.4 Å². The Labute approximate surface area is 158 Å². The third-order valence-corrected chi connectivity index (χ3v) is 4.00. The number of fused-ring (bicyclic) bond motifs is 1. The van der Waals surface area contributed by atoms with Crippen LogP contribution in [-0.4, -0.2) is 45.7 Å². The van der Waals surface area contributed by atoms with E-state index in [0.29, 0.717) is 17.8 Å². The third-order valence-electron chi connectivity index (χ3n) is 3.73. The fourth-order valence-electron chi connectivity index (χ4n) is 2.50. The van der Waals surface area contributed by atoms with Gasteiger partial charge in [0.1, 0.15) is 5.02 Å². The molecule has 0 bridgehead atoms. The fourth-order valence-corrected chi connectivity index (χ4v) is 2.74. The van der Waals surface area contributed by atoms with Gasteiger partial charge in [0, 0.05) is 31.0 Å². The van der Waals surface area contributed by atoms with E-state index in [4.69, 9.17) is 16.3 Å². The molecular formula is C17H16ClF2N5O2. The maximum absolute atomic E-state index is 12.2. The number of alkyl halides is 2. The lowest BCUT2D eigenvalue weighted by Crippen LogP contribution is -2.20. The summed E-state index contributed by atoms with van der Waals surface area (Å²) in [7, 11) is 1.57. The molecule has 0 aliphatic rings. The van der Waals surface area contributed by atoms with Crippen molar-refractivity contribution in [1.82, 2.24) is 25.1 Å². The first-order valence-electron chi connectivity index (χ1n) is 8.03. The average molecular weight is 396 g/mol. The topological polar surface area (TPSA) is 81.9 Å². The Hall–Kier alpha value is -2.81. The smallest absolute Gasteiger partial charge is 0.272 e. The van der Waals surface area contributed by atoms with Gasteiger partial charge in [-0.1, -0.05) is 11.6 Å². The van der Waals surface area contributed by atoms with Crippen LogP contribution in [0, 0.1) is 0 Å². The second-order valence-corrected chi connectivity index (χ2v) is 6.11. The largest absolute Gasteiger partial charge is 0.471 e. The molecule has 0 radical (unpaired) electrons. The molecule has 0 aliphatic carbocycles. The lowest BCUT2D eigenvalue weighted by molar-refractivity contribution is -0.119. The standard InChI is InChI=1S/C17H16ClF2N5O2/c1-21-16(26)5-14-11-8-25(24-13(11)2-3-22-14)7-10-4-12(18)17(23-6-10)27-9-15(19)20/h2-4,6,8,15H,5,7,9H2,1H3,(H,21,26). The van der Waals surface area contributed by atoms with Crippen molar-refractivity contribution in [3.63, 3.8) is 0 Å². The van der Waals surface area contributed by atoms with Crippen molar-refractivity contribution < 1.29 is 18.3 Å². The van der Waals surface area contributed by atoms with E-state index in [0.717, 1.165) is 10.9 Å². The lowest BCUT2D eigenvalue weighted by atomic mass is 10.2. The number of rotatable bonds is 7.